The minimum absolute atomic E-state index is 0.146. The van der Waals surface area contributed by atoms with Gasteiger partial charge in [-0.1, -0.05) is 11.6 Å². The molecular weight excluding hydrogens is 228 g/mol. The molecule has 0 radical (unpaired) electrons. The first-order valence-corrected chi connectivity index (χ1v) is 5.52. The van der Waals surface area contributed by atoms with Crippen LogP contribution in [0.3, 0.4) is 0 Å². The molecule has 0 bridgehead atoms. The summed E-state index contributed by atoms with van der Waals surface area (Å²) in [6.07, 6.45) is 1.50. The van der Waals surface area contributed by atoms with Crippen LogP contribution in [0.15, 0.2) is 18.2 Å². The smallest absolute Gasteiger partial charge is 0.272 e. The quantitative estimate of drug-likeness (QED) is 0.638. The second kappa shape index (κ2) is 5.82. The van der Waals surface area contributed by atoms with Crippen molar-refractivity contribution in [2.24, 2.45) is 0 Å². The Kier molecular flexibility index (Phi) is 4.71. The molecule has 1 N–H and O–H groups in total. The minimum atomic E-state index is -0.365. The van der Waals surface area contributed by atoms with Gasteiger partial charge < -0.3 is 5.32 Å². The van der Waals surface area contributed by atoms with Gasteiger partial charge in [0.25, 0.3) is 5.69 Å². The Morgan fingerprint density at radius 1 is 1.56 bits per heavy atom. The zero-order chi connectivity index (χ0) is 12.1. The highest BCUT2D eigenvalue weighted by atomic mass is 35.5. The molecule has 0 aliphatic rings. The summed E-state index contributed by atoms with van der Waals surface area (Å²) < 4.78 is 0. The summed E-state index contributed by atoms with van der Waals surface area (Å²) in [5.74, 6) is 0. The minimum Gasteiger partial charge on any atom is -0.317 e. The molecule has 0 aromatic heterocycles. The number of benzene rings is 1. The summed E-state index contributed by atoms with van der Waals surface area (Å²) in [6.45, 7) is 2.04. The molecular formula is C11H15ClN2O2. The van der Waals surface area contributed by atoms with Crippen LogP contribution in [0.1, 0.15) is 18.9 Å². The molecule has 1 aromatic rings. The van der Waals surface area contributed by atoms with Crippen molar-refractivity contribution < 1.29 is 4.92 Å². The molecule has 0 amide bonds. The number of nitro benzene ring substituents is 1. The lowest BCUT2D eigenvalue weighted by Gasteiger charge is -2.09. The fraction of sp³-hybridized carbons (Fsp3) is 0.455. The molecule has 0 spiro atoms. The fourth-order valence-electron chi connectivity index (χ4n) is 1.45. The van der Waals surface area contributed by atoms with E-state index in [-0.39, 0.29) is 10.6 Å². The Labute approximate surface area is 99.8 Å². The van der Waals surface area contributed by atoms with Gasteiger partial charge in [0.15, 0.2) is 0 Å². The Morgan fingerprint density at radius 2 is 2.25 bits per heavy atom. The van der Waals surface area contributed by atoms with Gasteiger partial charge in [-0.3, -0.25) is 10.1 Å². The van der Waals surface area contributed by atoms with Gasteiger partial charge in [0.05, 0.1) is 4.92 Å². The molecule has 0 fully saturated rings. The van der Waals surface area contributed by atoms with E-state index >= 15 is 0 Å². The molecule has 1 atom stereocenters. The number of hydrogen-bond acceptors (Lipinski definition) is 3. The summed E-state index contributed by atoms with van der Waals surface area (Å²) in [4.78, 5) is 10.4. The molecule has 0 saturated carbocycles. The maximum absolute atomic E-state index is 10.8. The number of nitro groups is 1. The van der Waals surface area contributed by atoms with Gasteiger partial charge in [0.1, 0.15) is 0 Å². The molecule has 1 aromatic carbocycles. The van der Waals surface area contributed by atoms with Crippen molar-refractivity contribution in [2.75, 3.05) is 7.05 Å². The summed E-state index contributed by atoms with van der Waals surface area (Å²) in [5.41, 5.74) is 0.840. The average molecular weight is 243 g/mol. The second-order valence-corrected chi connectivity index (χ2v) is 4.19. The first kappa shape index (κ1) is 12.9. The highest BCUT2D eigenvalue weighted by Gasteiger charge is 2.14. The number of rotatable bonds is 5. The van der Waals surface area contributed by atoms with Crippen molar-refractivity contribution in [2.45, 2.75) is 25.8 Å². The normalized spacial score (nSPS) is 12.4. The lowest BCUT2D eigenvalue weighted by Crippen LogP contribution is -2.21. The third-order valence-electron chi connectivity index (χ3n) is 2.58. The molecule has 1 unspecified atom stereocenters. The highest BCUT2D eigenvalue weighted by molar-refractivity contribution is 6.30. The standard InChI is InChI=1S/C11H15ClN2O2/c1-8(13-2)3-4-9-7-10(12)5-6-11(9)14(15)16/h5-8,13H,3-4H2,1-2H3. The molecule has 0 aliphatic heterocycles. The van der Waals surface area contributed by atoms with E-state index in [0.29, 0.717) is 23.0 Å². The van der Waals surface area contributed by atoms with E-state index in [0.717, 1.165) is 6.42 Å². The van der Waals surface area contributed by atoms with Crippen LogP contribution in [0.25, 0.3) is 0 Å². The Morgan fingerprint density at radius 3 is 2.81 bits per heavy atom. The van der Waals surface area contributed by atoms with Crippen molar-refractivity contribution in [3.63, 3.8) is 0 Å². The SMILES string of the molecule is CNC(C)CCc1cc(Cl)ccc1[N+](=O)[O-]. The molecule has 0 aliphatic carbocycles. The van der Waals surface area contributed by atoms with Crippen LogP contribution in [0.5, 0.6) is 0 Å². The van der Waals surface area contributed by atoms with Crippen molar-refractivity contribution >= 4 is 17.3 Å². The monoisotopic (exact) mass is 242 g/mol. The lowest BCUT2D eigenvalue weighted by molar-refractivity contribution is -0.385. The van der Waals surface area contributed by atoms with Crippen molar-refractivity contribution in [1.82, 2.24) is 5.32 Å². The lowest BCUT2D eigenvalue weighted by atomic mass is 10.0. The zero-order valence-electron chi connectivity index (χ0n) is 9.37. The molecule has 1 rings (SSSR count). The van der Waals surface area contributed by atoms with Crippen molar-refractivity contribution in [1.29, 1.82) is 0 Å². The van der Waals surface area contributed by atoms with Gasteiger partial charge in [-0.25, -0.2) is 0 Å². The van der Waals surface area contributed by atoms with Gasteiger partial charge >= 0.3 is 0 Å². The topological polar surface area (TPSA) is 55.2 Å². The predicted octanol–water partition coefficient (Wildman–Crippen LogP) is 2.79. The first-order chi connectivity index (χ1) is 7.54. The maximum Gasteiger partial charge on any atom is 0.272 e. The molecule has 0 heterocycles. The summed E-state index contributed by atoms with van der Waals surface area (Å²) in [6, 6.07) is 5.01. The van der Waals surface area contributed by atoms with Crippen LogP contribution in [-0.2, 0) is 6.42 Å². The number of aryl methyl sites for hydroxylation is 1. The van der Waals surface area contributed by atoms with E-state index in [1.807, 2.05) is 14.0 Å². The summed E-state index contributed by atoms with van der Waals surface area (Å²) in [7, 11) is 1.87. The van der Waals surface area contributed by atoms with E-state index in [9.17, 15) is 10.1 Å². The predicted molar refractivity (Wildman–Crippen MR) is 64.9 cm³/mol. The van der Waals surface area contributed by atoms with E-state index in [4.69, 9.17) is 11.6 Å². The van der Waals surface area contributed by atoms with Crippen LogP contribution in [0.2, 0.25) is 5.02 Å². The van der Waals surface area contributed by atoms with Crippen molar-refractivity contribution in [3.05, 3.63) is 38.9 Å². The van der Waals surface area contributed by atoms with E-state index < -0.39 is 0 Å². The highest BCUT2D eigenvalue weighted by Crippen LogP contribution is 2.24. The van der Waals surface area contributed by atoms with E-state index in [1.54, 1.807) is 12.1 Å². The van der Waals surface area contributed by atoms with Gasteiger partial charge in [-0.15, -0.1) is 0 Å². The van der Waals surface area contributed by atoms with Crippen LogP contribution in [0.4, 0.5) is 5.69 Å². The van der Waals surface area contributed by atoms with Crippen molar-refractivity contribution in [3.8, 4) is 0 Å². The molecule has 4 nitrogen and oxygen atoms in total. The summed E-state index contributed by atoms with van der Waals surface area (Å²) >= 11 is 5.83. The Hall–Kier alpha value is -1.13. The van der Waals surface area contributed by atoms with Crippen LogP contribution >= 0.6 is 11.6 Å². The molecule has 0 saturated heterocycles. The fourth-order valence-corrected chi connectivity index (χ4v) is 1.64. The van der Waals surface area contributed by atoms with Gasteiger partial charge in [-0.2, -0.15) is 0 Å². The van der Waals surface area contributed by atoms with E-state index in [1.165, 1.54) is 6.07 Å². The van der Waals surface area contributed by atoms with Gasteiger partial charge in [-0.05, 0) is 38.9 Å². The number of hydrogen-bond donors (Lipinski definition) is 1. The first-order valence-electron chi connectivity index (χ1n) is 5.14. The van der Waals surface area contributed by atoms with Crippen LogP contribution in [0, 0.1) is 10.1 Å². The third-order valence-corrected chi connectivity index (χ3v) is 2.81. The third kappa shape index (κ3) is 3.47. The largest absolute Gasteiger partial charge is 0.317 e. The Bertz CT molecular complexity index is 382. The number of nitrogens with zero attached hydrogens (tertiary/aromatic N) is 1. The average Bonchev–Trinajstić information content (AvgIpc) is 2.25. The van der Waals surface area contributed by atoms with Gasteiger partial charge in [0.2, 0.25) is 0 Å². The molecule has 5 heteroatoms. The number of nitrogens with one attached hydrogen (secondary N) is 1. The van der Waals surface area contributed by atoms with E-state index in [2.05, 4.69) is 5.32 Å². The molecule has 88 valence electrons. The van der Waals surface area contributed by atoms with Crippen LogP contribution < -0.4 is 5.32 Å². The maximum atomic E-state index is 10.8. The molecule has 16 heavy (non-hydrogen) atoms. The van der Waals surface area contributed by atoms with Crippen LogP contribution in [-0.4, -0.2) is 18.0 Å². The second-order valence-electron chi connectivity index (χ2n) is 3.76. The van der Waals surface area contributed by atoms with Gasteiger partial charge in [0, 0.05) is 22.7 Å². The summed E-state index contributed by atoms with van der Waals surface area (Å²) in [5, 5.41) is 14.4. The number of halogens is 1. The zero-order valence-corrected chi connectivity index (χ0v) is 10.1. The Balaban J connectivity index is 2.84.